The summed E-state index contributed by atoms with van der Waals surface area (Å²) in [5.41, 5.74) is 3.85. The number of benzene rings is 2. The van der Waals surface area contributed by atoms with E-state index in [1.165, 1.54) is 11.4 Å². The van der Waals surface area contributed by atoms with Crippen LogP contribution in [0.2, 0.25) is 0 Å². The molecule has 0 fully saturated rings. The molecule has 0 aliphatic carbocycles. The quantitative estimate of drug-likeness (QED) is 0.129. The minimum absolute atomic E-state index is 0. The molecular weight excluding hydrogens is 660 g/mol. The lowest BCUT2D eigenvalue weighted by Gasteiger charge is -2.20. The van der Waals surface area contributed by atoms with Crippen molar-refractivity contribution in [2.75, 3.05) is 36.0 Å². The number of anilines is 2. The third-order valence-electron chi connectivity index (χ3n) is 6.94. The summed E-state index contributed by atoms with van der Waals surface area (Å²) in [7, 11) is 3.89. The Labute approximate surface area is 279 Å². The molecule has 0 radical (unpaired) electrons. The zero-order valence-electron chi connectivity index (χ0n) is 26.9. The lowest BCUT2D eigenvalue weighted by atomic mass is 10.1. The molecule has 4 aromatic rings. The van der Waals surface area contributed by atoms with Crippen LogP contribution in [0.4, 0.5) is 11.4 Å². The van der Waals surface area contributed by atoms with Crippen molar-refractivity contribution >= 4 is 34.3 Å². The molecule has 13 heteroatoms. The van der Waals surface area contributed by atoms with E-state index in [1.54, 1.807) is 0 Å². The van der Waals surface area contributed by atoms with Crippen LogP contribution in [0, 0.1) is 0 Å². The number of carbonyl (C=O) groups excluding carboxylic acids is 2. The second kappa shape index (κ2) is 20.4. The fraction of sp³-hybridized carbons (Fsp3) is 0.375. The summed E-state index contributed by atoms with van der Waals surface area (Å²) in [5.74, 6) is 0.264. The van der Waals surface area contributed by atoms with E-state index in [2.05, 4.69) is 37.5 Å². The molecule has 1 unspecified atom stereocenters. The Morgan fingerprint density at radius 1 is 0.711 bits per heavy atom. The van der Waals surface area contributed by atoms with Gasteiger partial charge in [-0.3, -0.25) is 9.59 Å². The first-order valence-electron chi connectivity index (χ1n) is 14.6. The first-order valence-corrected chi connectivity index (χ1v) is 15.6. The molecule has 1 atom stereocenters. The molecule has 0 spiro atoms. The monoisotopic (exact) mass is 704 g/mol. The second-order valence-electron chi connectivity index (χ2n) is 10.0. The number of nitrogens with zero attached hydrogens (tertiary/aromatic N) is 6. The van der Waals surface area contributed by atoms with Crippen molar-refractivity contribution in [3.8, 4) is 0 Å². The van der Waals surface area contributed by atoms with Gasteiger partial charge in [0.2, 0.25) is 24.2 Å². The smallest absolute Gasteiger partial charge is 0.243 e. The van der Waals surface area contributed by atoms with Crippen LogP contribution < -0.4 is 35.9 Å². The molecule has 0 aliphatic heterocycles. The van der Waals surface area contributed by atoms with Gasteiger partial charge < -0.3 is 35.9 Å². The molecule has 2 aromatic carbocycles. The number of halogens is 1. The van der Waals surface area contributed by atoms with Gasteiger partial charge in [-0.05, 0) is 76.2 Å². The topological polar surface area (TPSA) is 119 Å². The summed E-state index contributed by atoms with van der Waals surface area (Å²) in [4.78, 5) is 28.9. The lowest BCUT2D eigenvalue weighted by Crippen LogP contribution is -3.00. The van der Waals surface area contributed by atoms with Crippen molar-refractivity contribution in [3.63, 3.8) is 0 Å². The summed E-state index contributed by atoms with van der Waals surface area (Å²) < 4.78 is 31.7. The molecule has 0 aliphatic rings. The van der Waals surface area contributed by atoms with Crippen LogP contribution in [0.5, 0.6) is 0 Å². The lowest BCUT2D eigenvalue weighted by molar-refractivity contribution is -0.671. The van der Waals surface area contributed by atoms with Gasteiger partial charge in [0.1, 0.15) is 24.8 Å². The van der Waals surface area contributed by atoms with Crippen LogP contribution in [0.15, 0.2) is 86.0 Å². The summed E-state index contributed by atoms with van der Waals surface area (Å²) in [5, 5.41) is 0. The number of rotatable bonds is 12. The van der Waals surface area contributed by atoms with E-state index in [-0.39, 0.29) is 28.5 Å². The van der Waals surface area contributed by atoms with Gasteiger partial charge in [0.25, 0.3) is 0 Å². The zero-order valence-corrected chi connectivity index (χ0v) is 29.3. The van der Waals surface area contributed by atoms with E-state index in [0.717, 1.165) is 37.3 Å². The predicted molar refractivity (Wildman–Crippen MR) is 171 cm³/mol. The van der Waals surface area contributed by atoms with Gasteiger partial charge in [0.05, 0.1) is 25.5 Å². The van der Waals surface area contributed by atoms with E-state index >= 15 is 0 Å². The van der Waals surface area contributed by atoms with E-state index < -0.39 is 11.4 Å². The molecule has 45 heavy (non-hydrogen) atoms. The normalized spacial score (nSPS) is 10.8. The molecule has 4 rings (SSSR count). The average Bonchev–Trinajstić information content (AvgIpc) is 3.61. The van der Waals surface area contributed by atoms with Gasteiger partial charge in [-0.2, -0.15) is 0 Å². The van der Waals surface area contributed by atoms with Crippen LogP contribution in [0.25, 0.3) is 0 Å². The third kappa shape index (κ3) is 13.5. The number of Topliss-reactive ketones (excluding diaryl/α,β-unsaturated/α-hetero) is 2. The fourth-order valence-electron chi connectivity index (χ4n) is 4.60. The Balaban J connectivity index is 0.000000394. The van der Waals surface area contributed by atoms with Gasteiger partial charge >= 0.3 is 0 Å². The molecule has 246 valence electrons. The van der Waals surface area contributed by atoms with Crippen molar-refractivity contribution in [2.24, 2.45) is 14.1 Å². The number of aromatic nitrogens is 4. The summed E-state index contributed by atoms with van der Waals surface area (Å²) >= 11 is -2.86. The Kier molecular flexibility index (Phi) is 17.8. The highest BCUT2D eigenvalue weighted by molar-refractivity contribution is 7.73. The van der Waals surface area contributed by atoms with Crippen LogP contribution in [-0.2, 0) is 38.5 Å². The molecule has 0 saturated carbocycles. The van der Waals surface area contributed by atoms with Crippen LogP contribution in [0.3, 0.4) is 0 Å². The average molecular weight is 706 g/mol. The first-order chi connectivity index (χ1) is 21.0. The fourth-order valence-corrected chi connectivity index (χ4v) is 4.60. The van der Waals surface area contributed by atoms with Gasteiger partial charge in [-0.25, -0.2) is 22.5 Å². The molecule has 11 nitrogen and oxygen atoms in total. The number of hydrogen-bond acceptors (Lipinski definition) is 6. The number of aryl methyl sites for hydroxylation is 2. The SMILES string of the molecule is CCN(CC)c1ccc(C(=O)Cn2cc[n+](C)c2)cc1.CCN(CC)c1ccc(C(=O)Cn2cc[n+](C)c2)cc1.O=S([O-])O.[Br-]. The number of carbonyl (C=O) groups is 2. The highest BCUT2D eigenvalue weighted by Crippen LogP contribution is 2.16. The highest BCUT2D eigenvalue weighted by Gasteiger charge is 2.13. The maximum atomic E-state index is 12.2. The maximum Gasteiger partial charge on any atom is 0.243 e. The molecule has 2 heterocycles. The Morgan fingerprint density at radius 3 is 1.22 bits per heavy atom. The van der Waals surface area contributed by atoms with E-state index in [1.807, 2.05) is 118 Å². The van der Waals surface area contributed by atoms with Crippen molar-refractivity contribution in [1.82, 2.24) is 9.13 Å². The second-order valence-corrected chi connectivity index (χ2v) is 10.4. The van der Waals surface area contributed by atoms with Gasteiger partial charge in [0.15, 0.2) is 13.1 Å². The first kappa shape index (κ1) is 39.4. The molecule has 0 saturated heterocycles. The minimum Gasteiger partial charge on any atom is -1.00 e. The molecule has 0 bridgehead atoms. The van der Waals surface area contributed by atoms with Crippen molar-refractivity contribution in [2.45, 2.75) is 40.8 Å². The molecule has 0 amide bonds. The third-order valence-corrected chi connectivity index (χ3v) is 6.94. The largest absolute Gasteiger partial charge is 1.00 e. The summed E-state index contributed by atoms with van der Waals surface area (Å²) in [6.45, 7) is 13.2. The summed E-state index contributed by atoms with van der Waals surface area (Å²) in [6.07, 6.45) is 11.5. The van der Waals surface area contributed by atoms with Crippen LogP contribution in [-0.4, -0.2) is 60.2 Å². The van der Waals surface area contributed by atoms with E-state index in [0.29, 0.717) is 13.1 Å². The molecular formula is C32H45BrN6O5S. The van der Waals surface area contributed by atoms with Crippen LogP contribution >= 0.6 is 0 Å². The maximum absolute atomic E-state index is 12.2. The highest BCUT2D eigenvalue weighted by atomic mass is 79.9. The molecule has 2 aromatic heterocycles. The zero-order chi connectivity index (χ0) is 32.6. The van der Waals surface area contributed by atoms with E-state index in [4.69, 9.17) is 13.3 Å². The molecule has 1 N–H and O–H groups in total. The predicted octanol–water partition coefficient (Wildman–Crippen LogP) is 0.426. The van der Waals surface area contributed by atoms with Gasteiger partial charge in [-0.15, -0.1) is 0 Å². The van der Waals surface area contributed by atoms with Crippen molar-refractivity contribution in [3.05, 3.63) is 97.1 Å². The van der Waals surface area contributed by atoms with Crippen molar-refractivity contribution < 1.29 is 49.0 Å². The van der Waals surface area contributed by atoms with Gasteiger partial charge in [-0.1, -0.05) is 0 Å². The number of ketones is 2. The van der Waals surface area contributed by atoms with E-state index in [9.17, 15) is 9.59 Å². The number of imidazole rings is 2. The van der Waals surface area contributed by atoms with Crippen LogP contribution in [0.1, 0.15) is 48.4 Å². The van der Waals surface area contributed by atoms with Crippen molar-refractivity contribution in [1.29, 1.82) is 0 Å². The number of hydrogen-bond donors (Lipinski definition) is 1. The standard InChI is InChI=1S/2C16H22N3O.BrH.H2O3S/c2*1-4-19(5-2)15-8-6-14(7-9-15)16(20)12-18-11-10-17(3)13-18;;1-4(2)3/h2*6-11,13H,4-5,12H2,1-3H3;1H;(H2,1,2,3)/q2*+1;;/p-2. The van der Waals surface area contributed by atoms with Gasteiger partial charge in [0, 0.05) is 48.7 Å². The minimum atomic E-state index is -2.86. The Morgan fingerprint density at radius 2 is 1.00 bits per heavy atom. The Bertz CT molecular complexity index is 1360. The summed E-state index contributed by atoms with van der Waals surface area (Å²) in [6, 6.07) is 15.8. The Hall–Kier alpha value is -3.65.